The maximum Gasteiger partial charge on any atom is 0.408 e. The molecule has 0 fully saturated rings. The van der Waals surface area contributed by atoms with Crippen LogP contribution < -0.4 is 5.32 Å². The Morgan fingerprint density at radius 1 is 1.33 bits per heavy atom. The zero-order valence-electron chi connectivity index (χ0n) is 11.8. The average molecular weight is 289 g/mol. The lowest BCUT2D eigenvalue weighted by atomic mass is 9.89. The van der Waals surface area contributed by atoms with E-state index in [1.807, 2.05) is 12.1 Å². The molecule has 0 aliphatic heterocycles. The van der Waals surface area contributed by atoms with Crippen molar-refractivity contribution in [2.45, 2.75) is 31.7 Å². The van der Waals surface area contributed by atoms with E-state index in [0.717, 1.165) is 19.3 Å². The van der Waals surface area contributed by atoms with Crippen LogP contribution in [0.5, 0.6) is 0 Å². The molecule has 2 N–H and O–H groups in total. The molecule has 1 aliphatic rings. The summed E-state index contributed by atoms with van der Waals surface area (Å²) in [6.07, 6.45) is 4.93. The first-order chi connectivity index (χ1) is 10.1. The summed E-state index contributed by atoms with van der Waals surface area (Å²) in [4.78, 5) is 22.9. The molecule has 0 radical (unpaired) electrons. The molecule has 1 unspecified atom stereocenters. The Morgan fingerprint density at radius 3 is 2.71 bits per heavy atom. The molecule has 0 saturated carbocycles. The Kier molecular flexibility index (Phi) is 4.98. The zero-order valence-corrected chi connectivity index (χ0v) is 11.8. The van der Waals surface area contributed by atoms with Crippen molar-refractivity contribution in [3.8, 4) is 0 Å². The summed E-state index contributed by atoms with van der Waals surface area (Å²) < 4.78 is 4.77. The number of carboxylic acid groups (broad SMARTS) is 1. The van der Waals surface area contributed by atoms with Crippen molar-refractivity contribution >= 4 is 12.1 Å². The number of alkyl carbamates (subject to hydrolysis) is 1. The molecule has 1 aromatic rings. The maximum atomic E-state index is 11.5. The summed E-state index contributed by atoms with van der Waals surface area (Å²) in [5, 5.41) is 11.7. The molecule has 0 saturated heterocycles. The maximum absolute atomic E-state index is 11.5. The van der Waals surface area contributed by atoms with Crippen LogP contribution in [-0.2, 0) is 22.4 Å². The third-order valence-electron chi connectivity index (χ3n) is 3.55. The van der Waals surface area contributed by atoms with Gasteiger partial charge in [-0.2, -0.15) is 0 Å². The van der Waals surface area contributed by atoms with Gasteiger partial charge < -0.3 is 15.2 Å². The minimum absolute atomic E-state index is 0.0440. The number of carbonyl (C=O) groups is 2. The normalized spacial score (nSPS) is 14.7. The first-order valence-corrected chi connectivity index (χ1v) is 7.00. The molecular formula is C16H19NO4. The molecule has 0 spiro atoms. The molecule has 1 atom stereocenters. The van der Waals surface area contributed by atoms with Gasteiger partial charge in [-0.15, -0.1) is 0 Å². The number of nitrogens with one attached hydrogen (secondary N) is 1. The minimum atomic E-state index is -1.11. The van der Waals surface area contributed by atoms with Gasteiger partial charge in [-0.05, 0) is 42.4 Å². The topological polar surface area (TPSA) is 75.6 Å². The van der Waals surface area contributed by atoms with E-state index in [-0.39, 0.29) is 6.61 Å². The van der Waals surface area contributed by atoms with Crippen LogP contribution in [0.1, 0.15) is 35.6 Å². The number of carboxylic acids is 1. The van der Waals surface area contributed by atoms with Gasteiger partial charge in [0, 0.05) is 0 Å². The van der Waals surface area contributed by atoms with Crippen LogP contribution in [0.15, 0.2) is 30.9 Å². The summed E-state index contributed by atoms with van der Waals surface area (Å²) in [6, 6.07) is 4.49. The van der Waals surface area contributed by atoms with Gasteiger partial charge in [0.2, 0.25) is 0 Å². The molecule has 5 nitrogen and oxygen atoms in total. The highest BCUT2D eigenvalue weighted by Gasteiger charge is 2.24. The summed E-state index contributed by atoms with van der Waals surface area (Å²) in [5.41, 5.74) is 3.01. The van der Waals surface area contributed by atoms with E-state index in [2.05, 4.69) is 11.9 Å². The third-order valence-corrected chi connectivity index (χ3v) is 3.55. The summed E-state index contributed by atoms with van der Waals surface area (Å²) in [7, 11) is 0. The van der Waals surface area contributed by atoms with Gasteiger partial charge in [-0.25, -0.2) is 9.59 Å². The Hall–Kier alpha value is -2.30. The van der Waals surface area contributed by atoms with Crippen molar-refractivity contribution in [1.82, 2.24) is 5.32 Å². The highest BCUT2D eigenvalue weighted by Crippen LogP contribution is 2.25. The van der Waals surface area contributed by atoms with E-state index in [9.17, 15) is 14.7 Å². The molecule has 1 aromatic carbocycles. The van der Waals surface area contributed by atoms with Crippen LogP contribution in [0.2, 0.25) is 0 Å². The Balaban J connectivity index is 2.16. The lowest BCUT2D eigenvalue weighted by Crippen LogP contribution is -2.34. The van der Waals surface area contributed by atoms with E-state index in [4.69, 9.17) is 4.74 Å². The van der Waals surface area contributed by atoms with Gasteiger partial charge in [0.1, 0.15) is 6.61 Å². The van der Waals surface area contributed by atoms with E-state index in [0.29, 0.717) is 5.56 Å². The SMILES string of the molecule is C=CCOC(=O)NC(C(=O)O)c1ccc2c(c1)CCCC2. The average Bonchev–Trinajstić information content (AvgIpc) is 2.49. The van der Waals surface area contributed by atoms with Crippen LogP contribution in [0.4, 0.5) is 4.79 Å². The molecule has 0 heterocycles. The number of ether oxygens (including phenoxy) is 1. The molecule has 5 heteroatoms. The summed E-state index contributed by atoms with van der Waals surface area (Å²) >= 11 is 0. The Bertz CT molecular complexity index is 553. The molecule has 2 rings (SSSR count). The monoisotopic (exact) mass is 289 g/mol. The Morgan fingerprint density at radius 2 is 2.05 bits per heavy atom. The molecule has 1 amide bonds. The number of amides is 1. The second-order valence-corrected chi connectivity index (χ2v) is 5.04. The van der Waals surface area contributed by atoms with E-state index in [1.54, 1.807) is 6.07 Å². The van der Waals surface area contributed by atoms with E-state index in [1.165, 1.54) is 23.6 Å². The minimum Gasteiger partial charge on any atom is -0.479 e. The van der Waals surface area contributed by atoms with Crippen LogP contribution in [0, 0.1) is 0 Å². The molecule has 0 bridgehead atoms. The first kappa shape index (κ1) is 15.1. The third kappa shape index (κ3) is 3.84. The number of hydrogen-bond acceptors (Lipinski definition) is 3. The highest BCUT2D eigenvalue weighted by atomic mass is 16.5. The predicted molar refractivity (Wildman–Crippen MR) is 78.1 cm³/mol. The molecule has 21 heavy (non-hydrogen) atoms. The molecule has 112 valence electrons. The van der Waals surface area contributed by atoms with Gasteiger partial charge in [0.25, 0.3) is 0 Å². The number of hydrogen-bond donors (Lipinski definition) is 2. The number of aryl methyl sites for hydroxylation is 2. The number of aliphatic carboxylic acids is 1. The van der Waals surface area contributed by atoms with Crippen molar-refractivity contribution < 1.29 is 19.4 Å². The van der Waals surface area contributed by atoms with Gasteiger partial charge >= 0.3 is 12.1 Å². The second-order valence-electron chi connectivity index (χ2n) is 5.04. The summed E-state index contributed by atoms with van der Waals surface area (Å²) in [5.74, 6) is -1.11. The van der Waals surface area contributed by atoms with Gasteiger partial charge in [-0.1, -0.05) is 30.9 Å². The molecule has 1 aliphatic carbocycles. The smallest absolute Gasteiger partial charge is 0.408 e. The fraction of sp³-hybridized carbons (Fsp3) is 0.375. The van der Waals surface area contributed by atoms with Gasteiger partial charge in [0.15, 0.2) is 6.04 Å². The lowest BCUT2D eigenvalue weighted by molar-refractivity contribution is -0.139. The van der Waals surface area contributed by atoms with Crippen molar-refractivity contribution in [3.63, 3.8) is 0 Å². The quantitative estimate of drug-likeness (QED) is 0.817. The first-order valence-electron chi connectivity index (χ1n) is 7.00. The highest BCUT2D eigenvalue weighted by molar-refractivity contribution is 5.81. The van der Waals surface area contributed by atoms with Crippen molar-refractivity contribution in [2.75, 3.05) is 6.61 Å². The fourth-order valence-electron chi connectivity index (χ4n) is 2.51. The number of benzene rings is 1. The lowest BCUT2D eigenvalue weighted by Gasteiger charge is -2.20. The second kappa shape index (κ2) is 6.92. The van der Waals surface area contributed by atoms with Crippen LogP contribution >= 0.6 is 0 Å². The summed E-state index contributed by atoms with van der Waals surface area (Å²) in [6.45, 7) is 3.48. The number of fused-ring (bicyclic) bond motifs is 1. The van der Waals surface area contributed by atoms with Crippen molar-refractivity contribution in [2.24, 2.45) is 0 Å². The van der Waals surface area contributed by atoms with E-state index >= 15 is 0 Å². The fourth-order valence-corrected chi connectivity index (χ4v) is 2.51. The van der Waals surface area contributed by atoms with Crippen LogP contribution in [0.25, 0.3) is 0 Å². The van der Waals surface area contributed by atoms with Gasteiger partial charge in [-0.3, -0.25) is 0 Å². The Labute approximate surface area is 123 Å². The predicted octanol–water partition coefficient (Wildman–Crippen LogP) is 2.60. The van der Waals surface area contributed by atoms with Crippen molar-refractivity contribution in [3.05, 3.63) is 47.5 Å². The zero-order chi connectivity index (χ0) is 15.2. The standard InChI is InChI=1S/C16H19NO4/c1-2-9-21-16(20)17-14(15(18)19)13-8-7-11-5-3-4-6-12(11)10-13/h2,7-8,10,14H,1,3-6,9H2,(H,17,20)(H,18,19). The number of carbonyl (C=O) groups excluding carboxylic acids is 1. The van der Waals surface area contributed by atoms with Crippen LogP contribution in [0.3, 0.4) is 0 Å². The molecular weight excluding hydrogens is 270 g/mol. The van der Waals surface area contributed by atoms with Crippen molar-refractivity contribution in [1.29, 1.82) is 0 Å². The van der Waals surface area contributed by atoms with Crippen LogP contribution in [-0.4, -0.2) is 23.8 Å². The largest absolute Gasteiger partial charge is 0.479 e. The van der Waals surface area contributed by atoms with Gasteiger partial charge in [0.05, 0.1) is 0 Å². The number of rotatable bonds is 5. The van der Waals surface area contributed by atoms with E-state index < -0.39 is 18.1 Å². The molecule has 0 aromatic heterocycles.